The molecule has 0 aliphatic heterocycles. The summed E-state index contributed by atoms with van der Waals surface area (Å²) in [5.74, 6) is -0.740. The summed E-state index contributed by atoms with van der Waals surface area (Å²) in [5.41, 5.74) is 0.403. The van der Waals surface area contributed by atoms with Crippen LogP contribution in [0, 0.1) is 0 Å². The number of hydrogen-bond donors (Lipinski definition) is 1. The lowest BCUT2D eigenvalue weighted by atomic mass is 10.3. The average molecular weight is 341 g/mol. The van der Waals surface area contributed by atoms with E-state index in [0.717, 1.165) is 0 Å². The number of pyridine rings is 1. The minimum absolute atomic E-state index is 0.352. The minimum atomic E-state index is -3.95. The van der Waals surface area contributed by atoms with Crippen molar-refractivity contribution in [2.75, 3.05) is 0 Å². The van der Waals surface area contributed by atoms with Gasteiger partial charge in [-0.05, 0) is 42.0 Å². The zero-order chi connectivity index (χ0) is 16.8. The van der Waals surface area contributed by atoms with E-state index in [1.165, 1.54) is 12.4 Å². The lowest BCUT2D eigenvalue weighted by Crippen LogP contribution is -2.10. The maximum atomic E-state index is 13.3. The van der Waals surface area contributed by atoms with Crippen molar-refractivity contribution in [1.29, 1.82) is 0 Å². The Kier molecular flexibility index (Phi) is 4.94. The van der Waals surface area contributed by atoms with E-state index in [4.69, 9.17) is 9.05 Å². The minimum Gasteiger partial charge on any atom is -0.414 e. The Balaban J connectivity index is 1.95. The summed E-state index contributed by atoms with van der Waals surface area (Å²) in [6.45, 7) is 0. The van der Waals surface area contributed by atoms with Gasteiger partial charge in [-0.1, -0.05) is 36.4 Å². The molecular weight excluding hydrogens is 325 g/mol. The van der Waals surface area contributed by atoms with Crippen molar-refractivity contribution in [2.45, 2.75) is 5.85 Å². The molecule has 0 radical (unpaired) electrons. The van der Waals surface area contributed by atoms with Crippen LogP contribution in [0.5, 0.6) is 11.5 Å². The highest BCUT2D eigenvalue weighted by Gasteiger charge is 2.39. The fraction of sp³-hybridized carbons (Fsp3) is 0.0556. The second-order valence-electron chi connectivity index (χ2n) is 5.00. The van der Waals surface area contributed by atoms with Crippen molar-refractivity contribution >= 4 is 7.60 Å². The van der Waals surface area contributed by atoms with Gasteiger partial charge in [0.1, 0.15) is 11.5 Å². The van der Waals surface area contributed by atoms with Gasteiger partial charge < -0.3 is 14.2 Å². The number of rotatable bonds is 6. The van der Waals surface area contributed by atoms with E-state index in [1.54, 1.807) is 60.7 Å². The number of hydrogen-bond acceptors (Lipinski definition) is 5. The molecule has 3 rings (SSSR count). The molecule has 1 aromatic heterocycles. The molecule has 0 spiro atoms. The molecule has 6 heteroatoms. The topological polar surface area (TPSA) is 68.7 Å². The molecule has 0 saturated heterocycles. The van der Waals surface area contributed by atoms with Crippen LogP contribution in [0.25, 0.3) is 0 Å². The van der Waals surface area contributed by atoms with Crippen LogP contribution < -0.4 is 9.05 Å². The first-order chi connectivity index (χ1) is 11.7. The van der Waals surface area contributed by atoms with E-state index in [0.29, 0.717) is 17.1 Å². The normalized spacial score (nSPS) is 12.4. The quantitative estimate of drug-likeness (QED) is 0.672. The predicted molar refractivity (Wildman–Crippen MR) is 90.9 cm³/mol. The summed E-state index contributed by atoms with van der Waals surface area (Å²) in [4.78, 5) is 3.90. The highest BCUT2D eigenvalue weighted by atomic mass is 31.2. The Morgan fingerprint density at radius 2 is 1.25 bits per heavy atom. The molecule has 24 heavy (non-hydrogen) atoms. The smallest absolute Gasteiger partial charge is 0.414 e. The summed E-state index contributed by atoms with van der Waals surface area (Å²) in [7, 11) is -3.95. The maximum Gasteiger partial charge on any atom is 0.463 e. The zero-order valence-corrected chi connectivity index (χ0v) is 13.6. The van der Waals surface area contributed by atoms with E-state index in [2.05, 4.69) is 4.98 Å². The molecule has 0 fully saturated rings. The number of nitrogens with zero attached hydrogens (tertiary/aromatic N) is 1. The van der Waals surface area contributed by atoms with E-state index in [9.17, 15) is 9.67 Å². The number of para-hydroxylation sites is 2. The standard InChI is InChI=1S/C18H16NO4P/c20-18(15-11-13-19-14-12-15)24(21,22-16-7-3-1-4-8-16)23-17-9-5-2-6-10-17/h1-14,18,20H/t18-/m1/s1. The van der Waals surface area contributed by atoms with E-state index < -0.39 is 13.4 Å². The Morgan fingerprint density at radius 3 is 1.71 bits per heavy atom. The highest BCUT2D eigenvalue weighted by molar-refractivity contribution is 7.54. The molecule has 0 aliphatic rings. The number of aromatic nitrogens is 1. The first-order valence-corrected chi connectivity index (χ1v) is 8.95. The molecule has 0 unspecified atom stereocenters. The Labute approximate surface area is 140 Å². The first kappa shape index (κ1) is 16.2. The molecule has 0 aliphatic carbocycles. The monoisotopic (exact) mass is 341 g/mol. The van der Waals surface area contributed by atoms with E-state index >= 15 is 0 Å². The van der Waals surface area contributed by atoms with Gasteiger partial charge in [-0.3, -0.25) is 4.98 Å². The molecule has 0 bridgehead atoms. The van der Waals surface area contributed by atoms with E-state index in [1.807, 2.05) is 12.1 Å². The molecule has 0 amide bonds. The van der Waals surface area contributed by atoms with Crippen LogP contribution >= 0.6 is 7.60 Å². The third kappa shape index (κ3) is 3.82. The van der Waals surface area contributed by atoms with Crippen molar-refractivity contribution in [3.8, 4) is 11.5 Å². The number of benzene rings is 2. The van der Waals surface area contributed by atoms with Crippen LogP contribution in [-0.2, 0) is 4.57 Å². The molecule has 1 atom stereocenters. The van der Waals surface area contributed by atoms with Gasteiger partial charge in [0.2, 0.25) is 5.85 Å². The van der Waals surface area contributed by atoms with Gasteiger partial charge in [0.25, 0.3) is 0 Å². The molecule has 5 nitrogen and oxygen atoms in total. The van der Waals surface area contributed by atoms with Crippen LogP contribution in [0.3, 0.4) is 0 Å². The van der Waals surface area contributed by atoms with Gasteiger partial charge in [0.05, 0.1) is 0 Å². The molecule has 2 aromatic carbocycles. The Bertz CT molecular complexity index is 767. The second kappa shape index (κ2) is 7.30. The summed E-state index contributed by atoms with van der Waals surface area (Å²) in [5, 5.41) is 10.6. The van der Waals surface area contributed by atoms with Crippen molar-refractivity contribution in [1.82, 2.24) is 4.98 Å². The van der Waals surface area contributed by atoms with Crippen molar-refractivity contribution in [2.24, 2.45) is 0 Å². The lowest BCUT2D eigenvalue weighted by Gasteiger charge is -2.24. The van der Waals surface area contributed by atoms with Crippen molar-refractivity contribution in [3.05, 3.63) is 90.8 Å². The summed E-state index contributed by atoms with van der Waals surface area (Å²) in [6, 6.07) is 20.4. The largest absolute Gasteiger partial charge is 0.463 e. The predicted octanol–water partition coefficient (Wildman–Crippen LogP) is 4.42. The van der Waals surface area contributed by atoms with Gasteiger partial charge in [-0.15, -0.1) is 0 Å². The summed E-state index contributed by atoms with van der Waals surface area (Å²) >= 11 is 0. The fourth-order valence-electron chi connectivity index (χ4n) is 2.09. The second-order valence-corrected chi connectivity index (χ2v) is 6.94. The van der Waals surface area contributed by atoms with Crippen molar-refractivity contribution in [3.63, 3.8) is 0 Å². The SMILES string of the molecule is O=P(Oc1ccccc1)(Oc1ccccc1)[C@@H](O)c1ccncc1. The van der Waals surface area contributed by atoms with Crippen LogP contribution in [0.4, 0.5) is 0 Å². The molecule has 122 valence electrons. The third-order valence-corrected chi connectivity index (χ3v) is 5.08. The molecule has 1 heterocycles. The van der Waals surface area contributed by atoms with Crippen molar-refractivity contribution < 1.29 is 18.7 Å². The zero-order valence-electron chi connectivity index (χ0n) is 12.7. The van der Waals surface area contributed by atoms with Gasteiger partial charge in [0.15, 0.2) is 0 Å². The number of aliphatic hydroxyl groups excluding tert-OH is 1. The highest BCUT2D eigenvalue weighted by Crippen LogP contribution is 2.58. The van der Waals surface area contributed by atoms with Gasteiger partial charge in [-0.2, -0.15) is 0 Å². The average Bonchev–Trinajstić information content (AvgIpc) is 2.63. The van der Waals surface area contributed by atoms with Gasteiger partial charge >= 0.3 is 7.60 Å². The Hall–Kier alpha value is -2.62. The molecular formula is C18H16NO4P. The van der Waals surface area contributed by atoms with Gasteiger partial charge in [0, 0.05) is 12.4 Å². The maximum absolute atomic E-state index is 13.3. The van der Waals surface area contributed by atoms with Gasteiger partial charge in [-0.25, -0.2) is 4.57 Å². The van der Waals surface area contributed by atoms with E-state index in [-0.39, 0.29) is 0 Å². The summed E-state index contributed by atoms with van der Waals surface area (Å²) < 4.78 is 24.5. The summed E-state index contributed by atoms with van der Waals surface area (Å²) in [6.07, 6.45) is 3.02. The van der Waals surface area contributed by atoms with Crippen LogP contribution in [0.15, 0.2) is 85.2 Å². The third-order valence-electron chi connectivity index (χ3n) is 3.26. The molecule has 3 aromatic rings. The van der Waals surface area contributed by atoms with Crippen LogP contribution in [0.1, 0.15) is 11.4 Å². The first-order valence-electron chi connectivity index (χ1n) is 7.34. The van der Waals surface area contributed by atoms with Crippen LogP contribution in [-0.4, -0.2) is 10.1 Å². The Morgan fingerprint density at radius 1 is 0.792 bits per heavy atom. The number of aliphatic hydroxyl groups is 1. The molecule has 1 N–H and O–H groups in total. The fourth-order valence-corrected chi connectivity index (χ4v) is 3.70. The molecule has 0 saturated carbocycles. The lowest BCUT2D eigenvalue weighted by molar-refractivity contribution is 0.212. The van der Waals surface area contributed by atoms with Crippen LogP contribution in [0.2, 0.25) is 0 Å².